The van der Waals surface area contributed by atoms with E-state index < -0.39 is 0 Å². The van der Waals surface area contributed by atoms with E-state index in [-0.39, 0.29) is 0 Å². The van der Waals surface area contributed by atoms with Crippen molar-refractivity contribution in [3.05, 3.63) is 29.0 Å². The van der Waals surface area contributed by atoms with E-state index >= 15 is 0 Å². The first kappa shape index (κ1) is 14.8. The van der Waals surface area contributed by atoms with E-state index in [1.54, 1.807) is 0 Å². The van der Waals surface area contributed by atoms with Crippen LogP contribution in [0.4, 0.5) is 0 Å². The minimum Gasteiger partial charge on any atom is -0.324 e. The van der Waals surface area contributed by atoms with Gasteiger partial charge in [-0.25, -0.2) is 4.98 Å². The number of fused-ring (bicyclic) bond motifs is 1. The smallest absolute Gasteiger partial charge is 0.127 e. The Bertz CT molecular complexity index is 628. The third-order valence-corrected chi connectivity index (χ3v) is 4.50. The summed E-state index contributed by atoms with van der Waals surface area (Å²) in [6.45, 7) is 10.9. The molecule has 0 saturated carbocycles. The fourth-order valence-electron chi connectivity index (χ4n) is 3.16. The Labute approximate surface area is 131 Å². The zero-order valence-electron chi connectivity index (χ0n) is 12.9. The number of benzene rings is 1. The van der Waals surface area contributed by atoms with Crippen molar-refractivity contribution in [1.29, 1.82) is 0 Å². The molecule has 2 aromatic rings. The average Bonchev–Trinajstić information content (AvgIpc) is 2.85. The van der Waals surface area contributed by atoms with Crippen LogP contribution in [0.15, 0.2) is 18.2 Å². The molecule has 1 aromatic carbocycles. The SMILES string of the molecule is CC(c1nc2cc(Cl)ccc2n1C(C)C)N1CCNCC1. The van der Waals surface area contributed by atoms with Gasteiger partial charge in [0.15, 0.2) is 0 Å². The molecule has 4 nitrogen and oxygen atoms in total. The third-order valence-electron chi connectivity index (χ3n) is 4.27. The lowest BCUT2D eigenvalue weighted by Gasteiger charge is -2.33. The van der Waals surface area contributed by atoms with Crippen molar-refractivity contribution in [1.82, 2.24) is 19.8 Å². The molecule has 1 N–H and O–H groups in total. The molecule has 114 valence electrons. The summed E-state index contributed by atoms with van der Waals surface area (Å²) < 4.78 is 2.35. The van der Waals surface area contributed by atoms with Gasteiger partial charge in [-0.1, -0.05) is 11.6 Å². The second kappa shape index (κ2) is 5.95. The summed E-state index contributed by atoms with van der Waals surface area (Å²) in [5, 5.41) is 4.15. The van der Waals surface area contributed by atoms with Gasteiger partial charge in [-0.15, -0.1) is 0 Å². The number of nitrogens with zero attached hydrogens (tertiary/aromatic N) is 3. The lowest BCUT2D eigenvalue weighted by molar-refractivity contribution is 0.175. The summed E-state index contributed by atoms with van der Waals surface area (Å²) in [5.41, 5.74) is 2.17. The summed E-state index contributed by atoms with van der Waals surface area (Å²) in [4.78, 5) is 7.38. The number of rotatable bonds is 3. The number of hydrogen-bond donors (Lipinski definition) is 1. The Balaban J connectivity index is 2.05. The number of hydrogen-bond acceptors (Lipinski definition) is 3. The van der Waals surface area contributed by atoms with E-state index in [2.05, 4.69) is 41.6 Å². The minimum atomic E-state index is 0.320. The van der Waals surface area contributed by atoms with E-state index in [0.717, 1.165) is 42.5 Å². The van der Waals surface area contributed by atoms with Gasteiger partial charge in [0.2, 0.25) is 0 Å². The first-order chi connectivity index (χ1) is 10.1. The van der Waals surface area contributed by atoms with Gasteiger partial charge >= 0.3 is 0 Å². The molecule has 0 spiro atoms. The highest BCUT2D eigenvalue weighted by Crippen LogP contribution is 2.29. The van der Waals surface area contributed by atoms with E-state index in [4.69, 9.17) is 16.6 Å². The topological polar surface area (TPSA) is 33.1 Å². The quantitative estimate of drug-likeness (QED) is 0.945. The van der Waals surface area contributed by atoms with Crippen LogP contribution in [0.5, 0.6) is 0 Å². The van der Waals surface area contributed by atoms with Crippen LogP contribution in [0.1, 0.15) is 38.7 Å². The molecule has 1 atom stereocenters. The fraction of sp³-hybridized carbons (Fsp3) is 0.562. The van der Waals surface area contributed by atoms with Crippen molar-refractivity contribution in [3.63, 3.8) is 0 Å². The van der Waals surface area contributed by atoms with Crippen molar-refractivity contribution >= 4 is 22.6 Å². The number of piperazine rings is 1. The molecule has 2 heterocycles. The van der Waals surface area contributed by atoms with Crippen molar-refractivity contribution in [2.24, 2.45) is 0 Å². The molecule has 21 heavy (non-hydrogen) atoms. The van der Waals surface area contributed by atoms with Crippen LogP contribution in [0.2, 0.25) is 5.02 Å². The molecule has 1 saturated heterocycles. The van der Waals surface area contributed by atoms with Gasteiger partial charge in [-0.05, 0) is 39.0 Å². The largest absolute Gasteiger partial charge is 0.324 e. The summed E-state index contributed by atoms with van der Waals surface area (Å²) in [5.74, 6) is 1.14. The summed E-state index contributed by atoms with van der Waals surface area (Å²) >= 11 is 6.12. The minimum absolute atomic E-state index is 0.320. The maximum atomic E-state index is 6.12. The van der Waals surface area contributed by atoms with Crippen molar-refractivity contribution in [2.45, 2.75) is 32.9 Å². The van der Waals surface area contributed by atoms with E-state index in [1.165, 1.54) is 5.52 Å². The molecule has 0 radical (unpaired) electrons. The Hall–Kier alpha value is -1.10. The number of imidazole rings is 1. The van der Waals surface area contributed by atoms with Crippen LogP contribution in [0, 0.1) is 0 Å². The third kappa shape index (κ3) is 2.80. The zero-order chi connectivity index (χ0) is 15.0. The monoisotopic (exact) mass is 306 g/mol. The Kier molecular flexibility index (Phi) is 4.20. The molecule has 5 heteroatoms. The van der Waals surface area contributed by atoms with E-state index in [1.807, 2.05) is 12.1 Å². The molecule has 0 aliphatic carbocycles. The van der Waals surface area contributed by atoms with Gasteiger partial charge < -0.3 is 9.88 Å². The van der Waals surface area contributed by atoms with Crippen LogP contribution >= 0.6 is 11.6 Å². The van der Waals surface area contributed by atoms with Crippen LogP contribution < -0.4 is 5.32 Å². The first-order valence-corrected chi connectivity index (χ1v) is 8.08. The Morgan fingerprint density at radius 2 is 1.90 bits per heavy atom. The van der Waals surface area contributed by atoms with Gasteiger partial charge in [-0.3, -0.25) is 4.90 Å². The van der Waals surface area contributed by atoms with Gasteiger partial charge in [-0.2, -0.15) is 0 Å². The lowest BCUT2D eigenvalue weighted by Crippen LogP contribution is -2.45. The van der Waals surface area contributed by atoms with Gasteiger partial charge in [0, 0.05) is 37.2 Å². The number of nitrogens with one attached hydrogen (secondary N) is 1. The molecule has 0 amide bonds. The summed E-state index contributed by atoms with van der Waals surface area (Å²) in [7, 11) is 0. The van der Waals surface area contributed by atoms with Crippen LogP contribution in [0.25, 0.3) is 11.0 Å². The first-order valence-electron chi connectivity index (χ1n) is 7.70. The molecule has 0 bridgehead atoms. The predicted molar refractivity (Wildman–Crippen MR) is 88.0 cm³/mol. The Morgan fingerprint density at radius 3 is 2.57 bits per heavy atom. The lowest BCUT2D eigenvalue weighted by atomic mass is 10.2. The second-order valence-electron chi connectivity index (χ2n) is 6.03. The van der Waals surface area contributed by atoms with Crippen LogP contribution in [0.3, 0.4) is 0 Å². The molecular formula is C16H23ClN4. The highest BCUT2D eigenvalue weighted by molar-refractivity contribution is 6.31. The molecule has 1 aliphatic rings. The molecular weight excluding hydrogens is 284 g/mol. The van der Waals surface area contributed by atoms with Crippen molar-refractivity contribution in [2.75, 3.05) is 26.2 Å². The maximum Gasteiger partial charge on any atom is 0.127 e. The van der Waals surface area contributed by atoms with E-state index in [9.17, 15) is 0 Å². The van der Waals surface area contributed by atoms with Gasteiger partial charge in [0.1, 0.15) is 5.82 Å². The predicted octanol–water partition coefficient (Wildman–Crippen LogP) is 3.24. The highest BCUT2D eigenvalue weighted by Gasteiger charge is 2.24. The highest BCUT2D eigenvalue weighted by atomic mass is 35.5. The van der Waals surface area contributed by atoms with Crippen molar-refractivity contribution < 1.29 is 0 Å². The zero-order valence-corrected chi connectivity index (χ0v) is 13.7. The summed E-state index contributed by atoms with van der Waals surface area (Å²) in [6.07, 6.45) is 0. The second-order valence-corrected chi connectivity index (χ2v) is 6.47. The van der Waals surface area contributed by atoms with E-state index in [0.29, 0.717) is 12.1 Å². The Morgan fingerprint density at radius 1 is 1.19 bits per heavy atom. The summed E-state index contributed by atoms with van der Waals surface area (Å²) in [6, 6.07) is 6.70. The molecule has 1 aliphatic heterocycles. The standard InChI is InChI=1S/C16H23ClN4/c1-11(2)21-15-5-4-13(17)10-14(15)19-16(21)12(3)20-8-6-18-7-9-20/h4-5,10-12,18H,6-9H2,1-3H3. The van der Waals surface area contributed by atoms with Gasteiger partial charge in [0.25, 0.3) is 0 Å². The van der Waals surface area contributed by atoms with Crippen LogP contribution in [-0.4, -0.2) is 40.6 Å². The van der Waals surface area contributed by atoms with Crippen molar-refractivity contribution in [3.8, 4) is 0 Å². The molecule has 3 rings (SSSR count). The molecule has 1 unspecified atom stereocenters. The number of halogens is 1. The molecule has 1 fully saturated rings. The maximum absolute atomic E-state index is 6.12. The number of aromatic nitrogens is 2. The fourth-order valence-corrected chi connectivity index (χ4v) is 3.33. The van der Waals surface area contributed by atoms with Gasteiger partial charge in [0.05, 0.1) is 17.1 Å². The van der Waals surface area contributed by atoms with Crippen LogP contribution in [-0.2, 0) is 0 Å². The average molecular weight is 307 g/mol. The molecule has 1 aromatic heterocycles. The normalized spacial score (nSPS) is 18.5.